The highest BCUT2D eigenvalue weighted by Crippen LogP contribution is 2.30. The lowest BCUT2D eigenvalue weighted by Crippen LogP contribution is -2.05. The van der Waals surface area contributed by atoms with Crippen LogP contribution >= 0.6 is 15.9 Å². The van der Waals surface area contributed by atoms with Crippen molar-refractivity contribution in [3.63, 3.8) is 0 Å². The minimum atomic E-state index is -0.386. The van der Waals surface area contributed by atoms with Gasteiger partial charge in [-0.3, -0.25) is 10.1 Å². The molecular formula is C15H15BrN2O3. The lowest BCUT2D eigenvalue weighted by Gasteiger charge is -2.13. The molecule has 5 nitrogen and oxygen atoms in total. The Labute approximate surface area is 131 Å². The fraction of sp³-hybridized carbons (Fsp3) is 0.200. The summed E-state index contributed by atoms with van der Waals surface area (Å²) >= 11 is 3.43. The topological polar surface area (TPSA) is 78.4 Å². The van der Waals surface area contributed by atoms with Crippen molar-refractivity contribution in [2.75, 3.05) is 0 Å². The third-order valence-corrected chi connectivity index (χ3v) is 3.88. The van der Waals surface area contributed by atoms with Gasteiger partial charge in [0, 0.05) is 23.7 Å². The van der Waals surface area contributed by atoms with Crippen molar-refractivity contribution in [1.82, 2.24) is 0 Å². The summed E-state index contributed by atoms with van der Waals surface area (Å²) in [6, 6.07) is 10.6. The van der Waals surface area contributed by atoms with Crippen LogP contribution in [-0.2, 0) is 13.2 Å². The summed E-state index contributed by atoms with van der Waals surface area (Å²) in [4.78, 5) is 10.6. The second kappa shape index (κ2) is 6.69. The standard InChI is InChI=1S/C15H15BrN2O3/c1-10-12(5-3-7-14(10)18(19)20)9-21-15-11(8-17)4-2-6-13(15)16/h2-7H,8-9,17H2,1H3. The summed E-state index contributed by atoms with van der Waals surface area (Å²) in [6.45, 7) is 2.34. The number of para-hydroxylation sites is 1. The van der Waals surface area contributed by atoms with Crippen molar-refractivity contribution < 1.29 is 9.66 Å². The lowest BCUT2D eigenvalue weighted by atomic mass is 10.1. The molecule has 0 heterocycles. The summed E-state index contributed by atoms with van der Waals surface area (Å²) in [5, 5.41) is 10.9. The molecule has 0 radical (unpaired) electrons. The molecule has 0 bridgehead atoms. The van der Waals surface area contributed by atoms with Crippen molar-refractivity contribution in [3.05, 3.63) is 67.7 Å². The minimum absolute atomic E-state index is 0.0993. The second-order valence-electron chi connectivity index (χ2n) is 4.54. The van der Waals surface area contributed by atoms with Gasteiger partial charge >= 0.3 is 0 Å². The summed E-state index contributed by atoms with van der Waals surface area (Å²) < 4.78 is 6.62. The van der Waals surface area contributed by atoms with Crippen LogP contribution in [0.15, 0.2) is 40.9 Å². The monoisotopic (exact) mass is 350 g/mol. The van der Waals surface area contributed by atoms with Crippen molar-refractivity contribution in [1.29, 1.82) is 0 Å². The third-order valence-electron chi connectivity index (χ3n) is 3.25. The van der Waals surface area contributed by atoms with Gasteiger partial charge in [-0.1, -0.05) is 24.3 Å². The number of hydrogen-bond acceptors (Lipinski definition) is 4. The van der Waals surface area contributed by atoms with E-state index in [9.17, 15) is 10.1 Å². The SMILES string of the molecule is Cc1c(COc2c(Br)cccc2CN)cccc1[N+](=O)[O-]. The first kappa shape index (κ1) is 15.5. The molecule has 2 N–H and O–H groups in total. The molecule has 0 aliphatic rings. The van der Waals surface area contributed by atoms with Crippen LogP contribution < -0.4 is 10.5 Å². The summed E-state index contributed by atoms with van der Waals surface area (Å²) in [5.74, 6) is 0.672. The van der Waals surface area contributed by atoms with Gasteiger partial charge in [0.2, 0.25) is 0 Å². The average Bonchev–Trinajstić information content (AvgIpc) is 2.46. The van der Waals surface area contributed by atoms with E-state index in [0.29, 0.717) is 17.9 Å². The van der Waals surface area contributed by atoms with Crippen molar-refractivity contribution in [3.8, 4) is 5.75 Å². The maximum Gasteiger partial charge on any atom is 0.272 e. The third kappa shape index (κ3) is 3.40. The summed E-state index contributed by atoms with van der Waals surface area (Å²) in [5.41, 5.74) is 8.07. The van der Waals surface area contributed by atoms with Gasteiger partial charge in [0.15, 0.2) is 0 Å². The quantitative estimate of drug-likeness (QED) is 0.658. The maximum atomic E-state index is 10.9. The number of nitro benzene ring substituents is 1. The Bertz CT molecular complexity index is 674. The molecule has 110 valence electrons. The Morgan fingerprint density at radius 3 is 2.57 bits per heavy atom. The van der Waals surface area contributed by atoms with E-state index >= 15 is 0 Å². The fourth-order valence-electron chi connectivity index (χ4n) is 2.05. The average molecular weight is 351 g/mol. The molecule has 0 aliphatic heterocycles. The Morgan fingerprint density at radius 1 is 1.24 bits per heavy atom. The number of nitrogens with zero attached hydrogens (tertiary/aromatic N) is 1. The number of nitro groups is 1. The predicted molar refractivity (Wildman–Crippen MR) is 84.2 cm³/mol. The van der Waals surface area contributed by atoms with Crippen LogP contribution in [0.3, 0.4) is 0 Å². The van der Waals surface area contributed by atoms with Crippen LogP contribution in [0.5, 0.6) is 5.75 Å². The fourth-order valence-corrected chi connectivity index (χ4v) is 2.57. The minimum Gasteiger partial charge on any atom is -0.487 e. The highest BCUT2D eigenvalue weighted by atomic mass is 79.9. The van der Waals surface area contributed by atoms with Crippen LogP contribution in [0.1, 0.15) is 16.7 Å². The van der Waals surface area contributed by atoms with Crippen LogP contribution in [0.25, 0.3) is 0 Å². The van der Waals surface area contributed by atoms with Gasteiger partial charge in [-0.25, -0.2) is 0 Å². The molecule has 2 rings (SSSR count). The lowest BCUT2D eigenvalue weighted by molar-refractivity contribution is -0.385. The summed E-state index contributed by atoms with van der Waals surface area (Å²) in [6.07, 6.45) is 0. The van der Waals surface area contributed by atoms with E-state index < -0.39 is 0 Å². The molecular weight excluding hydrogens is 336 g/mol. The zero-order valence-electron chi connectivity index (χ0n) is 11.5. The molecule has 0 atom stereocenters. The normalized spacial score (nSPS) is 10.4. The van der Waals surface area contributed by atoms with Crippen LogP contribution in [0.4, 0.5) is 5.69 Å². The highest BCUT2D eigenvalue weighted by molar-refractivity contribution is 9.10. The molecule has 6 heteroatoms. The number of benzene rings is 2. The molecule has 2 aromatic rings. The Kier molecular flexibility index (Phi) is 4.93. The Morgan fingerprint density at radius 2 is 1.90 bits per heavy atom. The molecule has 0 saturated heterocycles. The van der Waals surface area contributed by atoms with Crippen LogP contribution in [0, 0.1) is 17.0 Å². The first-order valence-electron chi connectivity index (χ1n) is 6.37. The van der Waals surface area contributed by atoms with E-state index in [4.69, 9.17) is 10.5 Å². The number of nitrogens with two attached hydrogens (primary N) is 1. The zero-order chi connectivity index (χ0) is 15.4. The predicted octanol–water partition coefficient (Wildman–Crippen LogP) is 3.70. The number of ether oxygens (including phenoxy) is 1. The van der Waals surface area contributed by atoms with Crippen molar-refractivity contribution >= 4 is 21.6 Å². The van der Waals surface area contributed by atoms with Crippen molar-refractivity contribution in [2.45, 2.75) is 20.1 Å². The van der Waals surface area contributed by atoms with Gasteiger partial charge < -0.3 is 10.5 Å². The molecule has 0 saturated carbocycles. The molecule has 0 amide bonds. The van der Waals surface area contributed by atoms with Gasteiger partial charge in [-0.05, 0) is 34.5 Å². The van der Waals surface area contributed by atoms with Gasteiger partial charge in [0.05, 0.1) is 9.40 Å². The van der Waals surface area contributed by atoms with Gasteiger partial charge in [0.25, 0.3) is 5.69 Å². The first-order valence-corrected chi connectivity index (χ1v) is 7.17. The van der Waals surface area contributed by atoms with Crippen LogP contribution in [-0.4, -0.2) is 4.92 Å². The number of rotatable bonds is 5. The van der Waals surface area contributed by atoms with E-state index in [1.54, 1.807) is 13.0 Å². The number of halogens is 1. The van der Waals surface area contributed by atoms with E-state index in [2.05, 4.69) is 15.9 Å². The van der Waals surface area contributed by atoms with E-state index in [-0.39, 0.29) is 17.2 Å². The van der Waals surface area contributed by atoms with Crippen LogP contribution in [0.2, 0.25) is 0 Å². The van der Waals surface area contributed by atoms with E-state index in [0.717, 1.165) is 15.6 Å². The van der Waals surface area contributed by atoms with E-state index in [1.807, 2.05) is 24.3 Å². The number of hydrogen-bond donors (Lipinski definition) is 1. The van der Waals surface area contributed by atoms with Gasteiger partial charge in [-0.15, -0.1) is 0 Å². The summed E-state index contributed by atoms with van der Waals surface area (Å²) in [7, 11) is 0. The second-order valence-corrected chi connectivity index (χ2v) is 5.39. The smallest absolute Gasteiger partial charge is 0.272 e. The molecule has 0 fully saturated rings. The molecule has 0 unspecified atom stereocenters. The molecule has 0 aliphatic carbocycles. The van der Waals surface area contributed by atoms with Gasteiger partial charge in [-0.2, -0.15) is 0 Å². The maximum absolute atomic E-state index is 10.9. The Balaban J connectivity index is 2.25. The Hall–Kier alpha value is -1.92. The largest absolute Gasteiger partial charge is 0.487 e. The molecule has 2 aromatic carbocycles. The highest BCUT2D eigenvalue weighted by Gasteiger charge is 2.14. The van der Waals surface area contributed by atoms with E-state index in [1.165, 1.54) is 6.07 Å². The first-order chi connectivity index (χ1) is 10.0. The van der Waals surface area contributed by atoms with Crippen molar-refractivity contribution in [2.24, 2.45) is 5.73 Å². The zero-order valence-corrected chi connectivity index (χ0v) is 13.1. The van der Waals surface area contributed by atoms with Gasteiger partial charge in [0.1, 0.15) is 12.4 Å². The molecule has 0 spiro atoms. The molecule has 0 aromatic heterocycles. The molecule has 21 heavy (non-hydrogen) atoms.